The molecule has 4 rings (SSSR count). The van der Waals surface area contributed by atoms with Crippen LogP contribution in [0.25, 0.3) is 10.9 Å². The highest BCUT2D eigenvalue weighted by Gasteiger charge is 2.25. The van der Waals surface area contributed by atoms with Crippen LogP contribution in [0, 0.1) is 5.92 Å². The van der Waals surface area contributed by atoms with Crippen molar-refractivity contribution in [1.82, 2.24) is 15.2 Å². The van der Waals surface area contributed by atoms with E-state index in [0.29, 0.717) is 29.7 Å². The molecule has 1 aliphatic carbocycles. The van der Waals surface area contributed by atoms with E-state index < -0.39 is 0 Å². The third kappa shape index (κ3) is 5.69. The molecule has 1 N–H and O–H groups in total. The van der Waals surface area contributed by atoms with Gasteiger partial charge in [-0.05, 0) is 55.9 Å². The van der Waals surface area contributed by atoms with Crippen LogP contribution in [0.5, 0.6) is 5.75 Å². The van der Waals surface area contributed by atoms with Crippen molar-refractivity contribution in [3.05, 3.63) is 71.9 Å². The van der Waals surface area contributed by atoms with Gasteiger partial charge in [0.05, 0.1) is 11.1 Å². The lowest BCUT2D eigenvalue weighted by Gasteiger charge is -2.29. The molecule has 1 aromatic heterocycles. The predicted octanol–water partition coefficient (Wildman–Crippen LogP) is 4.41. The van der Waals surface area contributed by atoms with Crippen molar-refractivity contribution < 1.29 is 14.3 Å². The second-order valence-electron chi connectivity index (χ2n) is 8.93. The summed E-state index contributed by atoms with van der Waals surface area (Å²) in [6, 6.07) is 19.2. The summed E-state index contributed by atoms with van der Waals surface area (Å²) in [6.45, 7) is 0.697. The summed E-state index contributed by atoms with van der Waals surface area (Å²) in [4.78, 5) is 31.4. The number of rotatable bonds is 7. The number of fused-ring (bicyclic) bond motifs is 1. The smallest absolute Gasteiger partial charge is 0.257 e. The van der Waals surface area contributed by atoms with Crippen molar-refractivity contribution in [1.29, 1.82) is 0 Å². The lowest BCUT2D eigenvalue weighted by atomic mass is 9.80. The Bertz CT molecular complexity index is 1110. The van der Waals surface area contributed by atoms with Crippen LogP contribution in [-0.4, -0.2) is 48.9 Å². The number of nitrogens with one attached hydrogen (secondary N) is 1. The quantitative estimate of drug-likeness (QED) is 0.585. The Kier molecular flexibility index (Phi) is 7.23. The number of para-hydroxylation sites is 2. The molecule has 0 radical (unpaired) electrons. The minimum absolute atomic E-state index is 0.00368. The monoisotopic (exact) mass is 445 g/mol. The minimum atomic E-state index is -0.0935. The van der Waals surface area contributed by atoms with Crippen LogP contribution in [0.15, 0.2) is 60.7 Å². The molecule has 3 aromatic rings. The molecular formula is C27H31N3O3. The highest BCUT2D eigenvalue weighted by Crippen LogP contribution is 2.36. The summed E-state index contributed by atoms with van der Waals surface area (Å²) in [5.41, 5.74) is 2.58. The molecule has 0 spiro atoms. The number of ether oxygens (including phenoxy) is 1. The molecule has 33 heavy (non-hydrogen) atoms. The topological polar surface area (TPSA) is 71.5 Å². The Labute approximate surface area is 195 Å². The summed E-state index contributed by atoms with van der Waals surface area (Å²) >= 11 is 0. The maximum Gasteiger partial charge on any atom is 0.257 e. The number of hydrogen-bond acceptors (Lipinski definition) is 4. The van der Waals surface area contributed by atoms with Crippen LogP contribution in [-0.2, 0) is 4.79 Å². The highest BCUT2D eigenvalue weighted by atomic mass is 16.5. The third-order valence-electron chi connectivity index (χ3n) is 6.34. The Morgan fingerprint density at radius 3 is 2.42 bits per heavy atom. The molecule has 6 nitrogen and oxygen atoms in total. The van der Waals surface area contributed by atoms with E-state index in [1.165, 1.54) is 0 Å². The molecular weight excluding hydrogens is 414 g/mol. The lowest BCUT2D eigenvalue weighted by molar-refractivity contribution is -0.123. The SMILES string of the molecule is CN(C)C(=O)c1cc(C2CCC(CNC(=O)COc3ccccc3)CC2)nc2ccccc12. The van der Waals surface area contributed by atoms with Crippen LogP contribution >= 0.6 is 0 Å². The average Bonchev–Trinajstić information content (AvgIpc) is 2.86. The second-order valence-corrected chi connectivity index (χ2v) is 8.93. The van der Waals surface area contributed by atoms with Crippen molar-refractivity contribution in [2.75, 3.05) is 27.2 Å². The highest BCUT2D eigenvalue weighted by molar-refractivity contribution is 6.06. The van der Waals surface area contributed by atoms with E-state index >= 15 is 0 Å². The zero-order valence-electron chi connectivity index (χ0n) is 19.3. The molecule has 0 saturated heterocycles. The number of carbonyl (C=O) groups excluding carboxylic acids is 2. The zero-order valence-corrected chi connectivity index (χ0v) is 19.3. The van der Waals surface area contributed by atoms with E-state index in [1.807, 2.05) is 60.7 Å². The van der Waals surface area contributed by atoms with Gasteiger partial charge in [0.1, 0.15) is 5.75 Å². The summed E-state index contributed by atoms with van der Waals surface area (Å²) in [5.74, 6) is 1.39. The van der Waals surface area contributed by atoms with Gasteiger partial charge in [-0.15, -0.1) is 0 Å². The van der Waals surface area contributed by atoms with Crippen molar-refractivity contribution in [3.8, 4) is 5.75 Å². The summed E-state index contributed by atoms with van der Waals surface area (Å²) < 4.78 is 5.51. The molecule has 0 unspecified atom stereocenters. The minimum Gasteiger partial charge on any atom is -0.484 e. The molecule has 2 aromatic carbocycles. The normalized spacial score (nSPS) is 18.0. The van der Waals surface area contributed by atoms with Gasteiger partial charge in [0.15, 0.2) is 6.61 Å². The standard InChI is InChI=1S/C27H31N3O3/c1-30(2)27(32)23-16-25(29-24-11-7-6-10-22(23)24)20-14-12-19(13-15-20)17-28-26(31)18-33-21-8-4-3-5-9-21/h3-11,16,19-20H,12-15,17-18H2,1-2H3,(H,28,31). The first-order chi connectivity index (χ1) is 16.0. The van der Waals surface area contributed by atoms with Gasteiger partial charge in [-0.1, -0.05) is 36.4 Å². The van der Waals surface area contributed by atoms with Gasteiger partial charge in [0, 0.05) is 37.6 Å². The molecule has 0 aliphatic heterocycles. The van der Waals surface area contributed by atoms with Crippen molar-refractivity contribution in [2.45, 2.75) is 31.6 Å². The van der Waals surface area contributed by atoms with E-state index in [0.717, 1.165) is 42.3 Å². The third-order valence-corrected chi connectivity index (χ3v) is 6.34. The van der Waals surface area contributed by atoms with Gasteiger partial charge in [0.2, 0.25) is 0 Å². The number of aromatic nitrogens is 1. The maximum absolute atomic E-state index is 12.8. The first kappa shape index (κ1) is 22.8. The van der Waals surface area contributed by atoms with Gasteiger partial charge in [-0.25, -0.2) is 0 Å². The Hall–Kier alpha value is -3.41. The van der Waals surface area contributed by atoms with Crippen LogP contribution in [0.2, 0.25) is 0 Å². The van der Waals surface area contributed by atoms with Crippen LogP contribution in [0.3, 0.4) is 0 Å². The van der Waals surface area contributed by atoms with Crippen LogP contribution < -0.4 is 10.1 Å². The van der Waals surface area contributed by atoms with Gasteiger partial charge >= 0.3 is 0 Å². The van der Waals surface area contributed by atoms with Gasteiger partial charge < -0.3 is 15.0 Å². The van der Waals surface area contributed by atoms with E-state index in [1.54, 1.807) is 19.0 Å². The maximum atomic E-state index is 12.8. The number of pyridine rings is 1. The lowest BCUT2D eigenvalue weighted by Crippen LogP contribution is -2.34. The Morgan fingerprint density at radius 2 is 1.70 bits per heavy atom. The molecule has 2 amide bonds. The second kappa shape index (κ2) is 10.5. The summed E-state index contributed by atoms with van der Waals surface area (Å²) in [6.07, 6.45) is 4.05. The number of nitrogens with zero attached hydrogens (tertiary/aromatic N) is 2. The Morgan fingerprint density at radius 1 is 1.00 bits per heavy atom. The summed E-state index contributed by atoms with van der Waals surface area (Å²) in [7, 11) is 3.56. The molecule has 0 bridgehead atoms. The first-order valence-corrected chi connectivity index (χ1v) is 11.6. The first-order valence-electron chi connectivity index (χ1n) is 11.6. The molecule has 1 fully saturated rings. The molecule has 172 valence electrons. The Balaban J connectivity index is 1.33. The molecule has 1 saturated carbocycles. The fraction of sp³-hybridized carbons (Fsp3) is 0.370. The average molecular weight is 446 g/mol. The van der Waals surface area contributed by atoms with Crippen molar-refractivity contribution >= 4 is 22.7 Å². The summed E-state index contributed by atoms with van der Waals surface area (Å²) in [5, 5.41) is 3.91. The largest absolute Gasteiger partial charge is 0.484 e. The number of amides is 2. The van der Waals surface area contributed by atoms with E-state index in [2.05, 4.69) is 5.32 Å². The van der Waals surface area contributed by atoms with Crippen LogP contribution in [0.1, 0.15) is 47.7 Å². The van der Waals surface area contributed by atoms with Gasteiger partial charge in [0.25, 0.3) is 11.8 Å². The van der Waals surface area contributed by atoms with Crippen molar-refractivity contribution in [3.63, 3.8) is 0 Å². The van der Waals surface area contributed by atoms with E-state index in [9.17, 15) is 9.59 Å². The molecule has 1 heterocycles. The zero-order chi connectivity index (χ0) is 23.2. The van der Waals surface area contributed by atoms with Gasteiger partial charge in [-0.2, -0.15) is 0 Å². The number of benzene rings is 2. The van der Waals surface area contributed by atoms with Crippen molar-refractivity contribution in [2.24, 2.45) is 5.92 Å². The van der Waals surface area contributed by atoms with Gasteiger partial charge in [-0.3, -0.25) is 14.6 Å². The van der Waals surface area contributed by atoms with E-state index in [-0.39, 0.29) is 18.4 Å². The fourth-order valence-corrected chi connectivity index (χ4v) is 4.46. The number of carbonyl (C=O) groups is 2. The molecule has 6 heteroatoms. The van der Waals surface area contributed by atoms with Crippen LogP contribution in [0.4, 0.5) is 0 Å². The molecule has 0 atom stereocenters. The number of hydrogen-bond donors (Lipinski definition) is 1. The molecule has 1 aliphatic rings. The fourth-order valence-electron chi connectivity index (χ4n) is 4.46. The van der Waals surface area contributed by atoms with E-state index in [4.69, 9.17) is 9.72 Å². The predicted molar refractivity (Wildman–Crippen MR) is 129 cm³/mol.